The van der Waals surface area contributed by atoms with Crippen molar-refractivity contribution in [3.05, 3.63) is 58.8 Å². The van der Waals surface area contributed by atoms with Crippen LogP contribution in [0.2, 0.25) is 5.02 Å². The third-order valence-electron chi connectivity index (χ3n) is 2.57. The first-order valence-corrected chi connectivity index (χ1v) is 5.75. The summed E-state index contributed by atoms with van der Waals surface area (Å²) in [4.78, 5) is 0. The van der Waals surface area contributed by atoms with Gasteiger partial charge in [-0.25, -0.2) is 4.39 Å². The Morgan fingerprint density at radius 2 is 2.24 bits per heavy atom. The first-order valence-electron chi connectivity index (χ1n) is 5.37. The average molecular weight is 254 g/mol. The second-order valence-electron chi connectivity index (χ2n) is 3.87. The van der Waals surface area contributed by atoms with Gasteiger partial charge in [0.1, 0.15) is 11.6 Å². The van der Waals surface area contributed by atoms with Crippen LogP contribution < -0.4 is 5.32 Å². The molecule has 0 radical (unpaired) electrons. The highest BCUT2D eigenvalue weighted by Gasteiger charge is 2.08. The molecule has 2 aromatic rings. The van der Waals surface area contributed by atoms with E-state index in [1.165, 1.54) is 6.07 Å². The van der Waals surface area contributed by atoms with Gasteiger partial charge < -0.3 is 9.73 Å². The summed E-state index contributed by atoms with van der Waals surface area (Å²) >= 11 is 5.61. The Labute approximate surface area is 104 Å². The molecule has 90 valence electrons. The lowest BCUT2D eigenvalue weighted by Gasteiger charge is -2.11. The van der Waals surface area contributed by atoms with Crippen LogP contribution in [0.3, 0.4) is 0 Å². The largest absolute Gasteiger partial charge is 0.468 e. The SMILES string of the molecule is C[C@@H](NCc1ccc(Cl)c(F)c1)c1ccco1. The zero-order chi connectivity index (χ0) is 12.3. The van der Waals surface area contributed by atoms with Crippen LogP contribution in [0.4, 0.5) is 4.39 Å². The molecule has 0 saturated carbocycles. The van der Waals surface area contributed by atoms with Crippen LogP contribution in [0.1, 0.15) is 24.3 Å². The second-order valence-corrected chi connectivity index (χ2v) is 4.27. The molecule has 4 heteroatoms. The Kier molecular flexibility index (Phi) is 3.82. The van der Waals surface area contributed by atoms with E-state index in [0.29, 0.717) is 6.54 Å². The molecule has 2 nitrogen and oxygen atoms in total. The van der Waals surface area contributed by atoms with Gasteiger partial charge in [0.15, 0.2) is 0 Å². The lowest BCUT2D eigenvalue weighted by Crippen LogP contribution is -2.17. The van der Waals surface area contributed by atoms with E-state index in [0.717, 1.165) is 11.3 Å². The summed E-state index contributed by atoms with van der Waals surface area (Å²) in [7, 11) is 0. The summed E-state index contributed by atoms with van der Waals surface area (Å²) in [6, 6.07) is 8.63. The van der Waals surface area contributed by atoms with Crippen LogP contribution >= 0.6 is 11.6 Å². The zero-order valence-corrected chi connectivity index (χ0v) is 10.2. The van der Waals surface area contributed by atoms with Crippen molar-refractivity contribution >= 4 is 11.6 Å². The number of halogens is 2. The summed E-state index contributed by atoms with van der Waals surface area (Å²) in [6.45, 7) is 2.56. The van der Waals surface area contributed by atoms with Crippen molar-refractivity contribution in [1.82, 2.24) is 5.32 Å². The highest BCUT2D eigenvalue weighted by atomic mass is 35.5. The number of hydrogen-bond donors (Lipinski definition) is 1. The molecule has 1 atom stereocenters. The Hall–Kier alpha value is -1.32. The molecule has 0 bridgehead atoms. The fourth-order valence-corrected chi connectivity index (χ4v) is 1.68. The number of furan rings is 1. The van der Waals surface area contributed by atoms with Crippen molar-refractivity contribution in [2.24, 2.45) is 0 Å². The predicted molar refractivity (Wildman–Crippen MR) is 65.4 cm³/mol. The third kappa shape index (κ3) is 3.08. The monoisotopic (exact) mass is 253 g/mol. The maximum atomic E-state index is 13.2. The lowest BCUT2D eigenvalue weighted by atomic mass is 10.2. The highest BCUT2D eigenvalue weighted by molar-refractivity contribution is 6.30. The van der Waals surface area contributed by atoms with Crippen LogP contribution in [0, 0.1) is 5.82 Å². The van der Waals surface area contributed by atoms with Crippen molar-refractivity contribution in [3.63, 3.8) is 0 Å². The number of benzene rings is 1. The van der Waals surface area contributed by atoms with E-state index in [-0.39, 0.29) is 11.1 Å². The number of hydrogen-bond acceptors (Lipinski definition) is 2. The molecule has 0 unspecified atom stereocenters. The van der Waals surface area contributed by atoms with Crippen LogP contribution in [0.15, 0.2) is 41.0 Å². The highest BCUT2D eigenvalue weighted by Crippen LogP contribution is 2.17. The third-order valence-corrected chi connectivity index (χ3v) is 2.87. The van der Waals surface area contributed by atoms with Crippen molar-refractivity contribution in [3.8, 4) is 0 Å². The van der Waals surface area contributed by atoms with Gasteiger partial charge in [-0.15, -0.1) is 0 Å². The van der Waals surface area contributed by atoms with Gasteiger partial charge in [0.2, 0.25) is 0 Å². The van der Waals surface area contributed by atoms with Crippen LogP contribution in [0.5, 0.6) is 0 Å². The standard InChI is InChI=1S/C13H13ClFNO/c1-9(13-3-2-6-17-13)16-8-10-4-5-11(14)12(15)7-10/h2-7,9,16H,8H2,1H3/t9-/m1/s1. The van der Waals surface area contributed by atoms with Crippen LogP contribution in [-0.2, 0) is 6.54 Å². The Morgan fingerprint density at radius 1 is 1.41 bits per heavy atom. The molecule has 1 aromatic carbocycles. The first-order chi connectivity index (χ1) is 8.16. The minimum Gasteiger partial charge on any atom is -0.468 e. The van der Waals surface area contributed by atoms with Gasteiger partial charge in [-0.3, -0.25) is 0 Å². The van der Waals surface area contributed by atoms with E-state index in [1.54, 1.807) is 18.4 Å². The fraction of sp³-hybridized carbons (Fsp3) is 0.231. The van der Waals surface area contributed by atoms with Crippen LogP contribution in [0.25, 0.3) is 0 Å². The van der Waals surface area contributed by atoms with E-state index in [2.05, 4.69) is 5.32 Å². The van der Waals surface area contributed by atoms with Gasteiger partial charge in [-0.2, -0.15) is 0 Å². The van der Waals surface area contributed by atoms with Crippen LogP contribution in [-0.4, -0.2) is 0 Å². The zero-order valence-electron chi connectivity index (χ0n) is 9.41. The summed E-state index contributed by atoms with van der Waals surface area (Å²) in [5.74, 6) is 0.469. The van der Waals surface area contributed by atoms with Crippen molar-refractivity contribution in [2.45, 2.75) is 19.5 Å². The molecular weight excluding hydrogens is 241 g/mol. The molecule has 1 N–H and O–H groups in total. The number of nitrogens with one attached hydrogen (secondary N) is 1. The first kappa shape index (κ1) is 12.1. The van der Waals surface area contributed by atoms with E-state index in [9.17, 15) is 4.39 Å². The average Bonchev–Trinajstić information content (AvgIpc) is 2.84. The van der Waals surface area contributed by atoms with Gasteiger partial charge in [-0.05, 0) is 36.8 Å². The molecular formula is C13H13ClFNO. The molecule has 0 saturated heterocycles. The summed E-state index contributed by atoms with van der Waals surface area (Å²) in [5.41, 5.74) is 0.852. The molecule has 0 fully saturated rings. The van der Waals surface area contributed by atoms with Gasteiger partial charge in [-0.1, -0.05) is 17.7 Å². The summed E-state index contributed by atoms with van der Waals surface area (Å²) in [5, 5.41) is 3.39. The maximum Gasteiger partial charge on any atom is 0.142 e. The molecule has 1 heterocycles. The van der Waals surface area contributed by atoms with Crippen molar-refractivity contribution < 1.29 is 8.81 Å². The Morgan fingerprint density at radius 3 is 2.88 bits per heavy atom. The summed E-state index contributed by atoms with van der Waals surface area (Å²) in [6.07, 6.45) is 1.63. The second kappa shape index (κ2) is 5.34. The van der Waals surface area contributed by atoms with Gasteiger partial charge in [0.25, 0.3) is 0 Å². The predicted octanol–water partition coefficient (Wildman–Crippen LogP) is 3.92. The van der Waals surface area contributed by atoms with E-state index in [4.69, 9.17) is 16.0 Å². The van der Waals surface area contributed by atoms with E-state index >= 15 is 0 Å². The topological polar surface area (TPSA) is 25.2 Å². The maximum absolute atomic E-state index is 13.2. The van der Waals surface area contributed by atoms with Crippen molar-refractivity contribution in [1.29, 1.82) is 0 Å². The summed E-state index contributed by atoms with van der Waals surface area (Å²) < 4.78 is 18.5. The molecule has 0 amide bonds. The lowest BCUT2D eigenvalue weighted by molar-refractivity contribution is 0.430. The normalized spacial score (nSPS) is 12.6. The molecule has 1 aromatic heterocycles. The quantitative estimate of drug-likeness (QED) is 0.893. The molecule has 0 aliphatic carbocycles. The molecule has 0 aliphatic rings. The molecule has 17 heavy (non-hydrogen) atoms. The Balaban J connectivity index is 1.96. The van der Waals surface area contributed by atoms with Gasteiger partial charge >= 0.3 is 0 Å². The van der Waals surface area contributed by atoms with E-state index < -0.39 is 5.82 Å². The van der Waals surface area contributed by atoms with Gasteiger partial charge in [0, 0.05) is 6.54 Å². The number of rotatable bonds is 4. The molecule has 0 aliphatic heterocycles. The Bertz CT molecular complexity index is 484. The smallest absolute Gasteiger partial charge is 0.142 e. The van der Waals surface area contributed by atoms with Crippen molar-refractivity contribution in [2.75, 3.05) is 0 Å². The minimum atomic E-state index is -0.392. The molecule has 0 spiro atoms. The molecule has 2 rings (SSSR count). The minimum absolute atomic E-state index is 0.0868. The van der Waals surface area contributed by atoms with E-state index in [1.807, 2.05) is 19.1 Å². The fourth-order valence-electron chi connectivity index (χ4n) is 1.56. The van der Waals surface area contributed by atoms with Gasteiger partial charge in [0.05, 0.1) is 17.3 Å².